The lowest BCUT2D eigenvalue weighted by Gasteiger charge is -2.31. The predicted octanol–water partition coefficient (Wildman–Crippen LogP) is 3.53. The monoisotopic (exact) mass is 364 g/mol. The third-order valence-corrected chi connectivity index (χ3v) is 4.92. The molecule has 27 heavy (non-hydrogen) atoms. The van der Waals surface area contributed by atoms with E-state index in [-0.39, 0.29) is 36.4 Å². The number of carbonyl (C=O) groups is 3. The predicted molar refractivity (Wildman–Crippen MR) is 104 cm³/mol. The van der Waals surface area contributed by atoms with Crippen molar-refractivity contribution in [2.24, 2.45) is 5.92 Å². The number of anilines is 1. The number of carbonyl (C=O) groups excluding carboxylic acids is 3. The maximum Gasteiger partial charge on any atom is 0.227 e. The Morgan fingerprint density at radius 3 is 2.07 bits per heavy atom. The Morgan fingerprint density at radius 2 is 1.44 bits per heavy atom. The van der Waals surface area contributed by atoms with Crippen molar-refractivity contribution in [1.29, 1.82) is 0 Å². The van der Waals surface area contributed by atoms with Crippen LogP contribution in [0.4, 0.5) is 5.69 Å². The Labute approximate surface area is 159 Å². The minimum absolute atomic E-state index is 0.00699. The van der Waals surface area contributed by atoms with Crippen LogP contribution in [-0.2, 0) is 9.59 Å². The van der Waals surface area contributed by atoms with Gasteiger partial charge >= 0.3 is 0 Å². The SMILES string of the molecule is O=C(CCC(=O)N1CCC(C(=O)Nc2ccccc2)CC1)c1ccccc1. The molecule has 1 aliphatic rings. The average Bonchev–Trinajstić information content (AvgIpc) is 2.73. The Morgan fingerprint density at radius 1 is 0.852 bits per heavy atom. The molecule has 2 amide bonds. The molecule has 1 saturated heterocycles. The molecule has 2 aromatic rings. The number of likely N-dealkylation sites (tertiary alicyclic amines) is 1. The van der Waals surface area contributed by atoms with E-state index in [0.717, 1.165) is 5.69 Å². The van der Waals surface area contributed by atoms with Crippen LogP contribution in [0, 0.1) is 5.92 Å². The van der Waals surface area contributed by atoms with Gasteiger partial charge in [0, 0.05) is 43.1 Å². The van der Waals surface area contributed by atoms with Crippen molar-refractivity contribution in [2.45, 2.75) is 25.7 Å². The summed E-state index contributed by atoms with van der Waals surface area (Å²) in [7, 11) is 0. The minimum atomic E-state index is -0.0831. The van der Waals surface area contributed by atoms with Crippen LogP contribution in [-0.4, -0.2) is 35.6 Å². The van der Waals surface area contributed by atoms with Gasteiger partial charge in [0.05, 0.1) is 0 Å². The van der Waals surface area contributed by atoms with E-state index in [9.17, 15) is 14.4 Å². The van der Waals surface area contributed by atoms with Gasteiger partial charge < -0.3 is 10.2 Å². The zero-order valence-electron chi connectivity index (χ0n) is 15.3. The van der Waals surface area contributed by atoms with Crippen LogP contribution in [0.5, 0.6) is 0 Å². The maximum atomic E-state index is 12.4. The van der Waals surface area contributed by atoms with E-state index < -0.39 is 0 Å². The molecule has 5 heteroatoms. The summed E-state index contributed by atoms with van der Waals surface area (Å²) in [5.41, 5.74) is 1.43. The van der Waals surface area contributed by atoms with Crippen LogP contribution < -0.4 is 5.32 Å². The van der Waals surface area contributed by atoms with Crippen LogP contribution >= 0.6 is 0 Å². The summed E-state index contributed by atoms with van der Waals surface area (Å²) in [6.07, 6.45) is 1.74. The van der Waals surface area contributed by atoms with Crippen LogP contribution in [0.3, 0.4) is 0 Å². The van der Waals surface area contributed by atoms with Gasteiger partial charge in [-0.15, -0.1) is 0 Å². The lowest BCUT2D eigenvalue weighted by atomic mass is 9.95. The van der Waals surface area contributed by atoms with Gasteiger partial charge in [-0.25, -0.2) is 0 Å². The highest BCUT2D eigenvalue weighted by Crippen LogP contribution is 2.20. The van der Waals surface area contributed by atoms with Crippen molar-refractivity contribution in [2.75, 3.05) is 18.4 Å². The smallest absolute Gasteiger partial charge is 0.227 e. The molecule has 0 aromatic heterocycles. The fourth-order valence-electron chi connectivity index (χ4n) is 3.30. The molecule has 0 atom stereocenters. The molecular weight excluding hydrogens is 340 g/mol. The first-order valence-corrected chi connectivity index (χ1v) is 9.35. The number of hydrogen-bond donors (Lipinski definition) is 1. The van der Waals surface area contributed by atoms with Crippen molar-refractivity contribution in [1.82, 2.24) is 4.90 Å². The molecule has 0 aliphatic carbocycles. The summed E-state index contributed by atoms with van der Waals surface area (Å²) >= 11 is 0. The number of Topliss-reactive ketones (excluding diaryl/α,β-unsaturated/α-hetero) is 1. The van der Waals surface area contributed by atoms with Crippen molar-refractivity contribution in [3.8, 4) is 0 Å². The normalized spacial score (nSPS) is 14.6. The van der Waals surface area contributed by atoms with E-state index in [4.69, 9.17) is 0 Å². The average molecular weight is 364 g/mol. The number of rotatable bonds is 6. The standard InChI is InChI=1S/C22H24N2O3/c25-20(17-7-3-1-4-8-17)11-12-21(26)24-15-13-18(14-16-24)22(27)23-19-9-5-2-6-10-19/h1-10,18H,11-16H2,(H,23,27). The summed E-state index contributed by atoms with van der Waals surface area (Å²) in [5.74, 6) is -0.102. The van der Waals surface area contributed by atoms with Crippen LogP contribution in [0.1, 0.15) is 36.0 Å². The van der Waals surface area contributed by atoms with Crippen LogP contribution in [0.25, 0.3) is 0 Å². The van der Waals surface area contributed by atoms with Gasteiger partial charge in [0.2, 0.25) is 11.8 Å². The topological polar surface area (TPSA) is 66.5 Å². The molecule has 5 nitrogen and oxygen atoms in total. The van der Waals surface area contributed by atoms with E-state index in [0.29, 0.717) is 31.5 Å². The lowest BCUT2D eigenvalue weighted by Crippen LogP contribution is -2.41. The molecule has 0 unspecified atom stereocenters. The largest absolute Gasteiger partial charge is 0.343 e. The molecule has 2 aromatic carbocycles. The first-order chi connectivity index (χ1) is 13.1. The quantitative estimate of drug-likeness (QED) is 0.798. The molecule has 1 heterocycles. The summed E-state index contributed by atoms with van der Waals surface area (Å²) < 4.78 is 0. The summed E-state index contributed by atoms with van der Waals surface area (Å²) in [6.45, 7) is 1.12. The minimum Gasteiger partial charge on any atom is -0.343 e. The molecule has 3 rings (SSSR count). The zero-order valence-corrected chi connectivity index (χ0v) is 15.3. The number of ketones is 1. The molecule has 140 valence electrons. The highest BCUT2D eigenvalue weighted by molar-refractivity contribution is 5.98. The van der Waals surface area contributed by atoms with Gasteiger partial charge in [0.15, 0.2) is 5.78 Å². The van der Waals surface area contributed by atoms with Gasteiger partial charge in [-0.2, -0.15) is 0 Å². The number of para-hydroxylation sites is 1. The van der Waals surface area contributed by atoms with Gasteiger partial charge in [0.1, 0.15) is 0 Å². The third kappa shape index (κ3) is 5.26. The molecule has 1 N–H and O–H groups in total. The summed E-state index contributed by atoms with van der Waals surface area (Å²) in [6, 6.07) is 18.4. The Balaban J connectivity index is 1.42. The molecule has 1 fully saturated rings. The first-order valence-electron chi connectivity index (χ1n) is 9.35. The number of amides is 2. The van der Waals surface area contributed by atoms with Crippen molar-refractivity contribution in [3.05, 3.63) is 66.2 Å². The van der Waals surface area contributed by atoms with E-state index in [1.165, 1.54) is 0 Å². The second-order valence-electron chi connectivity index (χ2n) is 6.80. The van der Waals surface area contributed by atoms with E-state index in [1.807, 2.05) is 48.5 Å². The van der Waals surface area contributed by atoms with Gasteiger partial charge in [-0.3, -0.25) is 14.4 Å². The molecule has 0 spiro atoms. The van der Waals surface area contributed by atoms with Crippen molar-refractivity contribution in [3.63, 3.8) is 0 Å². The van der Waals surface area contributed by atoms with Crippen molar-refractivity contribution < 1.29 is 14.4 Å². The fraction of sp³-hybridized carbons (Fsp3) is 0.318. The van der Waals surface area contributed by atoms with Gasteiger partial charge in [-0.1, -0.05) is 48.5 Å². The zero-order chi connectivity index (χ0) is 19.1. The molecule has 0 radical (unpaired) electrons. The van der Waals surface area contributed by atoms with Gasteiger partial charge in [0.25, 0.3) is 0 Å². The highest BCUT2D eigenvalue weighted by atomic mass is 16.2. The highest BCUT2D eigenvalue weighted by Gasteiger charge is 2.27. The first kappa shape index (κ1) is 18.8. The van der Waals surface area contributed by atoms with E-state index in [2.05, 4.69) is 5.32 Å². The van der Waals surface area contributed by atoms with Crippen LogP contribution in [0.2, 0.25) is 0 Å². The molecular formula is C22H24N2O3. The number of benzene rings is 2. The molecule has 1 aliphatic heterocycles. The Kier molecular flexibility index (Phi) is 6.36. The number of nitrogens with one attached hydrogen (secondary N) is 1. The second kappa shape index (κ2) is 9.12. The van der Waals surface area contributed by atoms with Crippen molar-refractivity contribution >= 4 is 23.3 Å². The number of hydrogen-bond acceptors (Lipinski definition) is 3. The van der Waals surface area contributed by atoms with E-state index in [1.54, 1.807) is 17.0 Å². The number of nitrogens with zero attached hydrogens (tertiary/aromatic N) is 1. The lowest BCUT2D eigenvalue weighted by molar-refractivity contribution is -0.134. The second-order valence-corrected chi connectivity index (χ2v) is 6.80. The fourth-order valence-corrected chi connectivity index (χ4v) is 3.30. The van der Waals surface area contributed by atoms with E-state index >= 15 is 0 Å². The van der Waals surface area contributed by atoms with Crippen LogP contribution in [0.15, 0.2) is 60.7 Å². The maximum absolute atomic E-state index is 12.4. The van der Waals surface area contributed by atoms with Gasteiger partial charge in [-0.05, 0) is 25.0 Å². The Bertz CT molecular complexity index is 782. The third-order valence-electron chi connectivity index (χ3n) is 4.92. The molecule has 0 saturated carbocycles. The Hall–Kier alpha value is -2.95. The number of piperidine rings is 1. The summed E-state index contributed by atoms with van der Waals surface area (Å²) in [4.78, 5) is 38.6. The molecule has 0 bridgehead atoms. The summed E-state index contributed by atoms with van der Waals surface area (Å²) in [5, 5.41) is 2.93.